The molecule has 0 bridgehead atoms. The molecule has 39 heavy (non-hydrogen) atoms. The van der Waals surface area contributed by atoms with Gasteiger partial charge in [0.2, 0.25) is 0 Å². The summed E-state index contributed by atoms with van der Waals surface area (Å²) in [5.74, 6) is -5.28. The van der Waals surface area contributed by atoms with Crippen LogP contribution in [0.1, 0.15) is 61.3 Å². The molecule has 2 aromatic rings. The second-order valence-corrected chi connectivity index (χ2v) is 10.5. The number of hydrogen-bond donors (Lipinski definition) is 3. The topological polar surface area (TPSA) is 121 Å². The van der Waals surface area contributed by atoms with Crippen LogP contribution in [0.15, 0.2) is 23.1 Å². The normalized spacial score (nSPS) is 19.9. The third kappa shape index (κ3) is 7.81. The van der Waals surface area contributed by atoms with Crippen LogP contribution in [-0.2, 0) is 16.1 Å². The van der Waals surface area contributed by atoms with Gasteiger partial charge in [0.25, 0.3) is 0 Å². The number of nitrogens with zero attached hydrogens (tertiary/aromatic N) is 2. The number of rotatable bonds is 8. The molecule has 2 heterocycles. The van der Waals surface area contributed by atoms with Gasteiger partial charge in [0.15, 0.2) is 0 Å². The minimum atomic E-state index is -1.21. The molecule has 3 rings (SSSR count). The molecule has 1 aromatic carbocycles. The molecule has 4 atom stereocenters. The van der Waals surface area contributed by atoms with Crippen LogP contribution in [0.3, 0.4) is 0 Å². The summed E-state index contributed by atoms with van der Waals surface area (Å²) in [6.45, 7) is 6.75. The van der Waals surface area contributed by atoms with Crippen molar-refractivity contribution >= 4 is 38.1 Å². The zero-order valence-electron chi connectivity index (χ0n) is 22.2. The van der Waals surface area contributed by atoms with E-state index in [1.54, 1.807) is 0 Å². The monoisotopic (exact) mass is 748 g/mol. The second-order valence-electron chi connectivity index (χ2n) is 8.87. The van der Waals surface area contributed by atoms with Crippen LogP contribution in [0.4, 0.5) is 13.2 Å². The molecule has 1 aromatic heterocycles. The first-order valence-electron chi connectivity index (χ1n) is 12.5. The summed E-state index contributed by atoms with van der Waals surface area (Å²) in [4.78, 5) is 38.9. The summed E-state index contributed by atoms with van der Waals surface area (Å²) in [6, 6.07) is 0.115. The van der Waals surface area contributed by atoms with E-state index in [9.17, 15) is 37.8 Å². The van der Waals surface area contributed by atoms with Crippen molar-refractivity contribution in [2.75, 3.05) is 6.54 Å². The summed E-state index contributed by atoms with van der Waals surface area (Å²) >= 11 is 0.680. The fraction of sp³-hybridized carbons (Fsp3) is 0.500. The van der Waals surface area contributed by atoms with E-state index in [1.807, 2.05) is 20.8 Å². The summed E-state index contributed by atoms with van der Waals surface area (Å²) in [6.07, 6.45) is 1.24. The average Bonchev–Trinajstić information content (AvgIpc) is 3.06. The van der Waals surface area contributed by atoms with Gasteiger partial charge in [-0.25, -0.2) is 13.2 Å². The Bertz CT molecular complexity index is 1210. The van der Waals surface area contributed by atoms with Crippen molar-refractivity contribution in [1.29, 1.82) is 0 Å². The molecule has 0 aliphatic carbocycles. The first-order chi connectivity index (χ1) is 18.5. The molecule has 3 N–H and O–H groups in total. The van der Waals surface area contributed by atoms with E-state index in [4.69, 9.17) is 4.74 Å². The fourth-order valence-electron chi connectivity index (χ4n) is 4.32. The first kappa shape index (κ1) is 32.8. The number of aliphatic hydroxyl groups excluding tert-OH is 1. The summed E-state index contributed by atoms with van der Waals surface area (Å²) < 4.78 is 48.9. The number of halogens is 3. The van der Waals surface area contributed by atoms with E-state index in [-0.39, 0.29) is 18.3 Å². The van der Waals surface area contributed by atoms with Crippen LogP contribution in [0.5, 0.6) is 5.75 Å². The van der Waals surface area contributed by atoms with Crippen LogP contribution in [-0.4, -0.2) is 82.7 Å². The van der Waals surface area contributed by atoms with Crippen molar-refractivity contribution in [2.24, 2.45) is 0 Å². The zero-order chi connectivity index (χ0) is 29.4. The SMILES string of the molecule is CC.Cc1c(O)c(=O)c(C(=O)NCc2c(F)cc(F)cc2F)cn1C1CN(C=O)C(C)CCC1OC(O)[CH2][Pb]. The molecule has 1 aliphatic rings. The van der Waals surface area contributed by atoms with Crippen LogP contribution < -0.4 is 10.7 Å². The van der Waals surface area contributed by atoms with E-state index < -0.39 is 70.6 Å². The average molecular weight is 748 g/mol. The number of ether oxygens (including phenoxy) is 1. The number of nitrogens with one attached hydrogen (secondary N) is 1. The number of amides is 2. The maximum atomic E-state index is 14.0. The molecule has 9 nitrogen and oxygen atoms in total. The van der Waals surface area contributed by atoms with Crippen molar-refractivity contribution in [3.8, 4) is 5.75 Å². The second kappa shape index (κ2) is 14.8. The quantitative estimate of drug-likeness (QED) is 0.217. The number of likely N-dealkylation sites (tertiary alicyclic amines) is 1. The molecule has 4 unspecified atom stereocenters. The first-order valence-corrected chi connectivity index (χ1v) is 15.3. The molecule has 2 amide bonds. The van der Waals surface area contributed by atoms with Crippen molar-refractivity contribution in [1.82, 2.24) is 14.8 Å². The number of carbonyl (C=O) groups is 2. The third-order valence-electron chi connectivity index (χ3n) is 6.50. The van der Waals surface area contributed by atoms with Gasteiger partial charge in [0.1, 0.15) is 17.5 Å². The molecule has 13 heteroatoms. The molecule has 0 spiro atoms. The standard InChI is InChI=1S/C24H27F3N3O6.C2H6.Pb/c1-12-4-5-21(36-14(3)32)20(10-29(12)11-31)30-9-17(23(34)22(33)13(30)2)24(35)28-8-16-18(26)6-15(25)7-19(16)27;1-2;/h6-7,9,11-12,14,20-21,32-33H,3-5,8,10H2,1-2H3,(H,28,35);1-2H3;. The Morgan fingerprint density at radius 2 is 1.87 bits per heavy atom. The molecule has 3 radical (unpaired) electrons. The van der Waals surface area contributed by atoms with E-state index in [1.165, 1.54) is 22.6 Å². The summed E-state index contributed by atoms with van der Waals surface area (Å²) in [7, 11) is 0. The Morgan fingerprint density at radius 1 is 1.26 bits per heavy atom. The van der Waals surface area contributed by atoms with Gasteiger partial charge in [-0.2, -0.15) is 0 Å². The van der Waals surface area contributed by atoms with Crippen molar-refractivity contribution in [3.05, 3.63) is 62.8 Å². The number of aromatic nitrogens is 1. The van der Waals surface area contributed by atoms with Gasteiger partial charge in [-0.05, 0) is 0 Å². The zero-order valence-corrected chi connectivity index (χ0v) is 26.1. The fourth-order valence-corrected chi connectivity index (χ4v) is 4.69. The number of benzene rings is 1. The Balaban J connectivity index is 0.00000260. The predicted molar refractivity (Wildman–Crippen MR) is 138 cm³/mol. The van der Waals surface area contributed by atoms with Gasteiger partial charge in [0.05, 0.1) is 0 Å². The Morgan fingerprint density at radius 3 is 2.44 bits per heavy atom. The molecular weight excluding hydrogens is 714 g/mol. The van der Waals surface area contributed by atoms with E-state index in [2.05, 4.69) is 5.32 Å². The number of hydrogen-bond acceptors (Lipinski definition) is 6. The predicted octanol–water partition coefficient (Wildman–Crippen LogP) is 2.71. The third-order valence-corrected chi connectivity index (χ3v) is 7.85. The van der Waals surface area contributed by atoms with Crippen LogP contribution in [0.25, 0.3) is 0 Å². The number of carbonyl (C=O) groups excluding carboxylic acids is 2. The van der Waals surface area contributed by atoms with Gasteiger partial charge in [-0.3, -0.25) is 0 Å². The van der Waals surface area contributed by atoms with Gasteiger partial charge in [-0.15, -0.1) is 0 Å². The van der Waals surface area contributed by atoms with E-state index >= 15 is 0 Å². The molecule has 1 fully saturated rings. The number of aliphatic hydroxyl groups is 1. The Labute approximate surface area is 240 Å². The van der Waals surface area contributed by atoms with Crippen LogP contribution in [0.2, 0.25) is 3.98 Å². The summed E-state index contributed by atoms with van der Waals surface area (Å²) in [5, 5.41) is 23.0. The van der Waals surface area contributed by atoms with Gasteiger partial charge in [-0.1, -0.05) is 13.8 Å². The molecule has 0 saturated carbocycles. The van der Waals surface area contributed by atoms with Gasteiger partial charge in [0, 0.05) is 12.1 Å². The number of aromatic hydroxyl groups is 1. The van der Waals surface area contributed by atoms with Crippen molar-refractivity contribution < 1.29 is 37.7 Å². The minimum absolute atomic E-state index is 0.108. The van der Waals surface area contributed by atoms with Gasteiger partial charge < -0.3 is 0 Å². The van der Waals surface area contributed by atoms with E-state index in [0.29, 0.717) is 61.1 Å². The van der Waals surface area contributed by atoms with Crippen molar-refractivity contribution in [3.63, 3.8) is 0 Å². The summed E-state index contributed by atoms with van der Waals surface area (Å²) in [5.41, 5.74) is -2.01. The molecule has 1 aliphatic heterocycles. The van der Waals surface area contributed by atoms with Crippen LogP contribution in [0, 0.1) is 24.4 Å². The van der Waals surface area contributed by atoms with Crippen LogP contribution >= 0.6 is 0 Å². The van der Waals surface area contributed by atoms with Gasteiger partial charge >= 0.3 is 185 Å². The Kier molecular flexibility index (Phi) is 12.4. The maximum absolute atomic E-state index is 14.0. The molecular formula is C26H33F3N3O6Pb. The Hall–Kier alpha value is -2.46. The van der Waals surface area contributed by atoms with E-state index in [0.717, 1.165) is 0 Å². The number of pyridine rings is 1. The van der Waals surface area contributed by atoms with Crippen molar-refractivity contribution in [2.45, 2.75) is 75.5 Å². The molecule has 1 saturated heterocycles. The molecule has 213 valence electrons.